The van der Waals surface area contributed by atoms with Gasteiger partial charge in [0, 0.05) is 21.8 Å². The minimum atomic E-state index is -0.919. The fourth-order valence-corrected chi connectivity index (χ4v) is 3.43. The van der Waals surface area contributed by atoms with E-state index in [4.69, 9.17) is 0 Å². The lowest BCUT2D eigenvalue weighted by Gasteiger charge is -2.21. The van der Waals surface area contributed by atoms with Gasteiger partial charge in [-0.3, -0.25) is 9.36 Å². The Labute approximate surface area is 126 Å². The van der Waals surface area contributed by atoms with Crippen LogP contribution in [0.4, 0.5) is 0 Å². The Morgan fingerprint density at radius 2 is 2.05 bits per heavy atom. The second-order valence-electron chi connectivity index (χ2n) is 5.10. The molecule has 2 unspecified atom stereocenters. The molecule has 1 N–H and O–H groups in total. The number of aliphatic carboxylic acids is 1. The van der Waals surface area contributed by atoms with E-state index in [1.165, 1.54) is 0 Å². The van der Waals surface area contributed by atoms with Crippen LogP contribution >= 0.6 is 11.3 Å². The molecule has 5 nitrogen and oxygen atoms in total. The van der Waals surface area contributed by atoms with Crippen LogP contribution in [0.5, 0.6) is 0 Å². The molecule has 0 aliphatic carbocycles. The number of aryl methyl sites for hydroxylation is 1. The Morgan fingerprint density at radius 3 is 2.57 bits per heavy atom. The second-order valence-corrected chi connectivity index (χ2v) is 6.08. The molecule has 0 aromatic carbocycles. The molecule has 6 heteroatoms. The van der Waals surface area contributed by atoms with E-state index in [-0.39, 0.29) is 11.7 Å². The van der Waals surface area contributed by atoms with E-state index in [0.29, 0.717) is 17.0 Å². The largest absolute Gasteiger partial charge is 0.481 e. The van der Waals surface area contributed by atoms with Gasteiger partial charge in [0.05, 0.1) is 12.0 Å². The smallest absolute Gasteiger partial charge is 0.348 e. The molecule has 0 saturated heterocycles. The third-order valence-corrected chi connectivity index (χ3v) is 4.80. The van der Waals surface area contributed by atoms with Gasteiger partial charge in [-0.25, -0.2) is 4.79 Å². The van der Waals surface area contributed by atoms with Crippen molar-refractivity contribution < 1.29 is 9.90 Å². The molecule has 112 valence electrons. The molecular weight excluding hydrogens is 288 g/mol. The van der Waals surface area contributed by atoms with E-state index in [0.717, 1.165) is 4.88 Å². The van der Waals surface area contributed by atoms with Gasteiger partial charge in [-0.05, 0) is 39.1 Å². The normalized spacial score (nSPS) is 13.9. The predicted molar refractivity (Wildman–Crippen MR) is 82.2 cm³/mol. The van der Waals surface area contributed by atoms with Crippen molar-refractivity contribution in [3.63, 3.8) is 0 Å². The van der Waals surface area contributed by atoms with E-state index < -0.39 is 11.9 Å². The van der Waals surface area contributed by atoms with Crippen LogP contribution in [-0.4, -0.2) is 20.6 Å². The lowest BCUT2D eigenvalue weighted by Crippen LogP contribution is -2.31. The van der Waals surface area contributed by atoms with E-state index in [1.807, 2.05) is 24.4 Å². The summed E-state index contributed by atoms with van der Waals surface area (Å²) in [6.07, 6.45) is 0. The van der Waals surface area contributed by atoms with Gasteiger partial charge < -0.3 is 5.11 Å². The standard InChI is InChI=1S/C15H18N2O3S/c1-8(14(18)19)13-9(2)16-15(20)17(11(13)4)10(3)12-6-5-7-21-12/h5-8,10H,1-4H3,(H,18,19). The fraction of sp³-hybridized carbons (Fsp3) is 0.400. The molecule has 2 aromatic heterocycles. The SMILES string of the molecule is Cc1nc(=O)n(C(C)c2cccs2)c(C)c1C(C)C(=O)O. The van der Waals surface area contributed by atoms with Crippen LogP contribution in [0.3, 0.4) is 0 Å². The molecule has 0 amide bonds. The first-order chi connectivity index (χ1) is 9.84. The maximum atomic E-state index is 12.3. The molecule has 0 saturated carbocycles. The maximum Gasteiger partial charge on any atom is 0.348 e. The van der Waals surface area contributed by atoms with Crippen LogP contribution < -0.4 is 5.69 Å². The van der Waals surface area contributed by atoms with Crippen LogP contribution in [0.1, 0.15) is 47.6 Å². The quantitative estimate of drug-likeness (QED) is 0.942. The summed E-state index contributed by atoms with van der Waals surface area (Å²) in [7, 11) is 0. The van der Waals surface area contributed by atoms with Gasteiger partial charge in [0.2, 0.25) is 0 Å². The summed E-state index contributed by atoms with van der Waals surface area (Å²) in [4.78, 5) is 28.6. The molecule has 0 fully saturated rings. The number of carbonyl (C=O) groups is 1. The summed E-state index contributed by atoms with van der Waals surface area (Å²) in [5, 5.41) is 11.2. The van der Waals surface area contributed by atoms with Crippen molar-refractivity contribution in [1.29, 1.82) is 0 Å². The lowest BCUT2D eigenvalue weighted by molar-refractivity contribution is -0.138. The first kappa shape index (κ1) is 15.4. The van der Waals surface area contributed by atoms with E-state index >= 15 is 0 Å². The van der Waals surface area contributed by atoms with Crippen molar-refractivity contribution in [1.82, 2.24) is 9.55 Å². The van der Waals surface area contributed by atoms with Crippen LogP contribution in [-0.2, 0) is 4.79 Å². The van der Waals surface area contributed by atoms with Gasteiger partial charge in [0.15, 0.2) is 0 Å². The third-order valence-electron chi connectivity index (χ3n) is 3.76. The number of nitrogens with zero attached hydrogens (tertiary/aromatic N) is 2. The van der Waals surface area contributed by atoms with Gasteiger partial charge in [-0.15, -0.1) is 11.3 Å². The van der Waals surface area contributed by atoms with Gasteiger partial charge >= 0.3 is 11.7 Å². The van der Waals surface area contributed by atoms with E-state index in [1.54, 1.807) is 36.7 Å². The number of hydrogen-bond donors (Lipinski definition) is 1. The Kier molecular flexibility index (Phi) is 4.27. The molecule has 0 radical (unpaired) electrons. The zero-order valence-corrected chi connectivity index (χ0v) is 13.3. The van der Waals surface area contributed by atoms with Crippen molar-refractivity contribution >= 4 is 17.3 Å². The highest BCUT2D eigenvalue weighted by Crippen LogP contribution is 2.27. The van der Waals surface area contributed by atoms with Crippen molar-refractivity contribution in [2.75, 3.05) is 0 Å². The van der Waals surface area contributed by atoms with Gasteiger partial charge in [0.25, 0.3) is 0 Å². The Hall–Kier alpha value is -1.95. The molecule has 2 rings (SSSR count). The Bertz CT molecular complexity index is 719. The van der Waals surface area contributed by atoms with Gasteiger partial charge in [0.1, 0.15) is 0 Å². The minimum Gasteiger partial charge on any atom is -0.481 e. The Morgan fingerprint density at radius 1 is 1.38 bits per heavy atom. The lowest BCUT2D eigenvalue weighted by atomic mass is 9.97. The molecule has 0 spiro atoms. The summed E-state index contributed by atoms with van der Waals surface area (Å²) < 4.78 is 1.58. The molecule has 21 heavy (non-hydrogen) atoms. The van der Waals surface area contributed by atoms with Crippen LogP contribution in [0, 0.1) is 13.8 Å². The topological polar surface area (TPSA) is 72.2 Å². The second kappa shape index (κ2) is 5.81. The molecule has 2 aromatic rings. The van der Waals surface area contributed by atoms with E-state index in [9.17, 15) is 14.7 Å². The monoisotopic (exact) mass is 306 g/mol. The molecule has 2 atom stereocenters. The van der Waals surface area contributed by atoms with Gasteiger partial charge in [-0.1, -0.05) is 6.07 Å². The number of thiophene rings is 1. The third kappa shape index (κ3) is 2.76. The number of carboxylic acids is 1. The predicted octanol–water partition coefficient (Wildman–Crippen LogP) is 2.72. The maximum absolute atomic E-state index is 12.3. The van der Waals surface area contributed by atoms with E-state index in [2.05, 4.69) is 4.98 Å². The van der Waals surface area contributed by atoms with Gasteiger partial charge in [-0.2, -0.15) is 4.98 Å². The zero-order chi connectivity index (χ0) is 15.7. The Balaban J connectivity index is 2.65. The molecule has 0 aliphatic rings. The zero-order valence-electron chi connectivity index (χ0n) is 12.5. The molecule has 2 heterocycles. The number of carboxylic acid groups (broad SMARTS) is 1. The summed E-state index contributed by atoms with van der Waals surface area (Å²) in [6, 6.07) is 3.73. The number of hydrogen-bond acceptors (Lipinski definition) is 4. The average Bonchev–Trinajstić information content (AvgIpc) is 2.91. The summed E-state index contributed by atoms with van der Waals surface area (Å²) in [6.45, 7) is 7.01. The first-order valence-electron chi connectivity index (χ1n) is 6.70. The van der Waals surface area contributed by atoms with Crippen LogP contribution in [0.15, 0.2) is 22.3 Å². The summed E-state index contributed by atoms with van der Waals surface area (Å²) in [5.74, 6) is -1.61. The van der Waals surface area contributed by atoms with Crippen LogP contribution in [0.2, 0.25) is 0 Å². The highest BCUT2D eigenvalue weighted by molar-refractivity contribution is 7.10. The summed E-state index contributed by atoms with van der Waals surface area (Å²) in [5.41, 5.74) is 1.43. The fourth-order valence-electron chi connectivity index (χ4n) is 2.66. The van der Waals surface area contributed by atoms with Crippen molar-refractivity contribution in [2.24, 2.45) is 0 Å². The summed E-state index contributed by atoms with van der Waals surface area (Å²) >= 11 is 1.56. The molecule has 0 bridgehead atoms. The first-order valence-corrected chi connectivity index (χ1v) is 7.58. The average molecular weight is 306 g/mol. The number of aromatic nitrogens is 2. The molecule has 0 aliphatic heterocycles. The molecular formula is C15H18N2O3S. The van der Waals surface area contributed by atoms with Crippen molar-refractivity contribution in [3.8, 4) is 0 Å². The minimum absolute atomic E-state index is 0.162. The number of rotatable bonds is 4. The van der Waals surface area contributed by atoms with Crippen molar-refractivity contribution in [3.05, 3.63) is 49.8 Å². The van der Waals surface area contributed by atoms with Crippen molar-refractivity contribution in [2.45, 2.75) is 39.7 Å². The highest BCUT2D eigenvalue weighted by Gasteiger charge is 2.24. The van der Waals surface area contributed by atoms with Crippen LogP contribution in [0.25, 0.3) is 0 Å². The highest BCUT2D eigenvalue weighted by atomic mass is 32.1.